The van der Waals surface area contributed by atoms with Crippen molar-refractivity contribution in [3.63, 3.8) is 0 Å². The molecule has 0 amide bonds. The van der Waals surface area contributed by atoms with Gasteiger partial charge in [-0.05, 0) is 32.6 Å². The van der Waals surface area contributed by atoms with Gasteiger partial charge in [0.25, 0.3) is 0 Å². The molecule has 0 fully saturated rings. The van der Waals surface area contributed by atoms with Crippen LogP contribution in [0.5, 0.6) is 0 Å². The molecule has 0 rings (SSSR count). The Morgan fingerprint density at radius 1 is 0.708 bits per heavy atom. The van der Waals surface area contributed by atoms with Crippen molar-refractivity contribution in [1.29, 1.82) is 0 Å². The second-order valence-electron chi connectivity index (χ2n) is 5.56. The van der Waals surface area contributed by atoms with E-state index in [-0.39, 0.29) is 5.16 Å². The van der Waals surface area contributed by atoms with Gasteiger partial charge in [-0.3, -0.25) is 0 Å². The van der Waals surface area contributed by atoms with Crippen LogP contribution in [0.2, 0.25) is 5.16 Å². The van der Waals surface area contributed by atoms with Gasteiger partial charge < -0.3 is 17.7 Å². The Hall–Kier alpha value is 0.594. The van der Waals surface area contributed by atoms with Gasteiger partial charge >= 0.3 is 15.7 Å². The predicted molar refractivity (Wildman–Crippen MR) is 107 cm³/mol. The lowest BCUT2D eigenvalue weighted by Crippen LogP contribution is -2.55. The maximum atomic E-state index is 6.92. The maximum Gasteiger partial charge on any atom is 0.453 e. The van der Waals surface area contributed by atoms with Crippen molar-refractivity contribution in [3.05, 3.63) is 12.2 Å². The fourth-order valence-electron chi connectivity index (χ4n) is 2.04. The molecule has 0 saturated carbocycles. The van der Waals surface area contributed by atoms with Gasteiger partial charge in [0.05, 0.1) is 5.16 Å². The van der Waals surface area contributed by atoms with Crippen molar-refractivity contribution >= 4 is 37.9 Å². The molecule has 0 atom stereocenters. The Morgan fingerprint density at radius 3 is 1.21 bits per heavy atom. The summed E-state index contributed by atoms with van der Waals surface area (Å²) in [6, 6.07) is 0. The zero-order valence-corrected chi connectivity index (χ0v) is 19.3. The highest BCUT2D eigenvalue weighted by atomic mass is 35.6. The lowest BCUT2D eigenvalue weighted by Gasteiger charge is -2.37. The molecule has 0 aliphatic rings. The first kappa shape index (κ1) is 24.6. The normalized spacial score (nSPS) is 13.3. The Kier molecular flexibility index (Phi) is 14.1. The predicted octanol–water partition coefficient (Wildman–Crippen LogP) is 5.53. The summed E-state index contributed by atoms with van der Waals surface area (Å²) in [5.41, 5.74) is 0. The number of allylic oxidation sites excluding steroid dienone is 2. The van der Waals surface area contributed by atoms with E-state index in [4.69, 9.17) is 39.9 Å². The summed E-state index contributed by atoms with van der Waals surface area (Å²) in [5, 5.41) is -0.352. The molecule has 0 unspecified atom stereocenters. The monoisotopic (exact) mass is 416 g/mol. The van der Waals surface area contributed by atoms with Crippen LogP contribution in [-0.4, -0.2) is 42.2 Å². The Bertz CT molecular complexity index is 304. The van der Waals surface area contributed by atoms with Crippen LogP contribution < -0.4 is 0 Å². The average Bonchev–Trinajstić information content (AvgIpc) is 2.59. The molecule has 0 bridgehead atoms. The smallest absolute Gasteiger partial charge is 0.383 e. The number of rotatable bonds is 15. The summed E-state index contributed by atoms with van der Waals surface area (Å²) in [4.78, 5) is 0. The van der Waals surface area contributed by atoms with Crippen LogP contribution in [-0.2, 0) is 17.7 Å². The van der Waals surface area contributed by atoms with Gasteiger partial charge in [0.15, 0.2) is 0 Å². The van der Waals surface area contributed by atoms with Gasteiger partial charge in [0.1, 0.15) is 0 Å². The minimum absolute atomic E-state index is 0.352. The van der Waals surface area contributed by atoms with Crippen LogP contribution in [0.1, 0.15) is 60.3 Å². The third-order valence-corrected chi connectivity index (χ3v) is 13.5. The average molecular weight is 418 g/mol. The molecular weight excluding hydrogens is 383 g/mol. The SMILES string of the molecule is C/C=C/C([Si](Cl)(OCCC)OCCC)[Si](Cl)(OCCC)OCCC. The maximum absolute atomic E-state index is 6.92. The van der Waals surface area contributed by atoms with Crippen molar-refractivity contribution in [2.45, 2.75) is 65.5 Å². The molecule has 4 nitrogen and oxygen atoms in total. The molecule has 0 aromatic carbocycles. The molecule has 144 valence electrons. The van der Waals surface area contributed by atoms with E-state index in [9.17, 15) is 0 Å². The standard InChI is InChI=1S/C16H34Cl2O4Si2/c1-6-11-16(23(17,19-12-7-2)20-13-8-3)24(18,21-14-9-4)22-15-10-5/h6,11,16H,7-10,12-15H2,1-5H3/b11-6+. The lowest BCUT2D eigenvalue weighted by atomic mass is 10.5. The summed E-state index contributed by atoms with van der Waals surface area (Å²) in [6.45, 7) is 12.3. The summed E-state index contributed by atoms with van der Waals surface area (Å²) in [6.07, 6.45) is 7.33. The van der Waals surface area contributed by atoms with Crippen LogP contribution in [0.3, 0.4) is 0 Å². The Balaban J connectivity index is 5.63. The lowest BCUT2D eigenvalue weighted by molar-refractivity contribution is 0.161. The molecule has 0 radical (unpaired) electrons. The van der Waals surface area contributed by atoms with Gasteiger partial charge in [-0.1, -0.05) is 62.0 Å². The van der Waals surface area contributed by atoms with E-state index in [0.717, 1.165) is 25.7 Å². The van der Waals surface area contributed by atoms with Crippen molar-refractivity contribution in [3.8, 4) is 0 Å². The van der Waals surface area contributed by atoms with E-state index in [0.29, 0.717) is 26.4 Å². The molecule has 0 aliphatic heterocycles. The fourth-order valence-corrected chi connectivity index (χ4v) is 12.8. The molecule has 0 spiro atoms. The third kappa shape index (κ3) is 8.32. The first-order valence-electron chi connectivity index (χ1n) is 9.00. The van der Waals surface area contributed by atoms with Gasteiger partial charge in [-0.25, -0.2) is 0 Å². The van der Waals surface area contributed by atoms with Gasteiger partial charge in [0, 0.05) is 26.4 Å². The first-order valence-corrected chi connectivity index (χ1v) is 14.8. The Labute approximate surface area is 159 Å². The van der Waals surface area contributed by atoms with Crippen LogP contribution in [0, 0.1) is 0 Å². The largest absolute Gasteiger partial charge is 0.453 e. The third-order valence-electron chi connectivity index (χ3n) is 3.14. The van der Waals surface area contributed by atoms with Gasteiger partial charge in [0.2, 0.25) is 0 Å². The molecule has 0 aromatic heterocycles. The van der Waals surface area contributed by atoms with Crippen molar-refractivity contribution < 1.29 is 17.7 Å². The minimum atomic E-state index is -3.11. The van der Waals surface area contributed by atoms with E-state index in [1.165, 1.54) is 0 Å². The summed E-state index contributed by atoms with van der Waals surface area (Å²) >= 11 is 13.8. The summed E-state index contributed by atoms with van der Waals surface area (Å²) < 4.78 is 24.1. The van der Waals surface area contributed by atoms with Gasteiger partial charge in [-0.2, -0.15) is 0 Å². The summed E-state index contributed by atoms with van der Waals surface area (Å²) in [5.74, 6) is 0. The van der Waals surface area contributed by atoms with Crippen molar-refractivity contribution in [1.82, 2.24) is 0 Å². The highest BCUT2D eigenvalue weighted by Crippen LogP contribution is 2.41. The molecule has 0 N–H and O–H groups in total. The quantitative estimate of drug-likeness (QED) is 0.199. The highest BCUT2D eigenvalue weighted by molar-refractivity contribution is 7.27. The fraction of sp³-hybridized carbons (Fsp3) is 0.875. The zero-order valence-electron chi connectivity index (χ0n) is 15.8. The van der Waals surface area contributed by atoms with Crippen molar-refractivity contribution in [2.75, 3.05) is 26.4 Å². The molecule has 24 heavy (non-hydrogen) atoms. The van der Waals surface area contributed by atoms with E-state index in [1.54, 1.807) is 0 Å². The molecule has 0 heterocycles. The first-order chi connectivity index (χ1) is 11.4. The minimum Gasteiger partial charge on any atom is -0.383 e. The number of hydrogen-bond acceptors (Lipinski definition) is 4. The number of halogens is 2. The zero-order chi connectivity index (χ0) is 18.5. The van der Waals surface area contributed by atoms with E-state index in [1.807, 2.05) is 46.8 Å². The summed E-state index contributed by atoms with van der Waals surface area (Å²) in [7, 11) is -6.22. The molecule has 8 heteroatoms. The van der Waals surface area contributed by atoms with Crippen LogP contribution in [0.25, 0.3) is 0 Å². The Morgan fingerprint density at radius 2 is 1.00 bits per heavy atom. The van der Waals surface area contributed by atoms with E-state index < -0.39 is 15.7 Å². The molecule has 0 saturated heterocycles. The van der Waals surface area contributed by atoms with E-state index in [2.05, 4.69) is 0 Å². The van der Waals surface area contributed by atoms with Crippen molar-refractivity contribution in [2.24, 2.45) is 0 Å². The van der Waals surface area contributed by atoms with Gasteiger partial charge in [-0.15, -0.1) is 0 Å². The second-order valence-corrected chi connectivity index (χ2v) is 14.0. The molecular formula is C16H34Cl2O4Si2. The van der Waals surface area contributed by atoms with Crippen LogP contribution >= 0.6 is 22.2 Å². The molecule has 0 aliphatic carbocycles. The van der Waals surface area contributed by atoms with Crippen LogP contribution in [0.15, 0.2) is 12.2 Å². The second kappa shape index (κ2) is 13.8. The van der Waals surface area contributed by atoms with Crippen LogP contribution in [0.4, 0.5) is 0 Å². The number of hydrogen-bond donors (Lipinski definition) is 0. The highest BCUT2D eigenvalue weighted by Gasteiger charge is 2.60. The topological polar surface area (TPSA) is 36.9 Å². The molecule has 0 aromatic rings. The van der Waals surface area contributed by atoms with E-state index >= 15 is 0 Å².